The quantitative estimate of drug-likeness (QED) is 0.706. The van der Waals surface area contributed by atoms with Gasteiger partial charge in [0.25, 0.3) is 5.91 Å². The van der Waals surface area contributed by atoms with E-state index < -0.39 is 5.97 Å². The maximum absolute atomic E-state index is 12.5. The van der Waals surface area contributed by atoms with E-state index in [0.717, 1.165) is 0 Å². The molecule has 0 atom stereocenters. The van der Waals surface area contributed by atoms with E-state index in [-0.39, 0.29) is 5.91 Å². The van der Waals surface area contributed by atoms with Gasteiger partial charge in [0.2, 0.25) is 0 Å². The van der Waals surface area contributed by atoms with E-state index in [1.54, 1.807) is 49.4 Å². The molecular weight excluding hydrogens is 346 g/mol. The van der Waals surface area contributed by atoms with Gasteiger partial charge in [-0.25, -0.2) is 4.79 Å². The van der Waals surface area contributed by atoms with E-state index in [1.165, 1.54) is 7.11 Å². The summed E-state index contributed by atoms with van der Waals surface area (Å²) in [6, 6.07) is 11.6. The Balaban J connectivity index is 2.08. The summed E-state index contributed by atoms with van der Waals surface area (Å²) < 4.78 is 16.0. The number of hydrogen-bond donors (Lipinski definition) is 1. The summed E-state index contributed by atoms with van der Waals surface area (Å²) in [5.41, 5.74) is 1.45. The summed E-state index contributed by atoms with van der Waals surface area (Å²) in [6.45, 7) is 6.74. The lowest BCUT2D eigenvalue weighted by Gasteiger charge is -2.13. The molecule has 27 heavy (non-hydrogen) atoms. The molecule has 0 radical (unpaired) electrons. The number of ether oxygens (including phenoxy) is 3. The Morgan fingerprint density at radius 1 is 1.00 bits per heavy atom. The van der Waals surface area contributed by atoms with E-state index in [0.29, 0.717) is 47.4 Å². The molecule has 0 fully saturated rings. The molecule has 2 aromatic carbocycles. The molecular formula is C21H25NO5. The maximum Gasteiger partial charge on any atom is 0.338 e. The molecule has 6 nitrogen and oxygen atoms in total. The van der Waals surface area contributed by atoms with Crippen LogP contribution in [-0.4, -0.2) is 32.2 Å². The smallest absolute Gasteiger partial charge is 0.338 e. The van der Waals surface area contributed by atoms with Crippen molar-refractivity contribution in [3.63, 3.8) is 0 Å². The van der Waals surface area contributed by atoms with Crippen LogP contribution in [0.2, 0.25) is 0 Å². The number of nitrogens with one attached hydrogen (secondary N) is 1. The van der Waals surface area contributed by atoms with Gasteiger partial charge in [0, 0.05) is 11.3 Å². The van der Waals surface area contributed by atoms with Crippen molar-refractivity contribution in [2.45, 2.75) is 20.8 Å². The molecule has 2 rings (SSSR count). The molecule has 6 heteroatoms. The topological polar surface area (TPSA) is 73.9 Å². The summed E-state index contributed by atoms with van der Waals surface area (Å²) in [4.78, 5) is 24.1. The number of benzene rings is 2. The first-order chi connectivity index (χ1) is 12.9. The van der Waals surface area contributed by atoms with Gasteiger partial charge >= 0.3 is 5.97 Å². The highest BCUT2D eigenvalue weighted by molar-refractivity contribution is 6.04. The molecule has 1 N–H and O–H groups in total. The lowest BCUT2D eigenvalue weighted by atomic mass is 10.1. The molecule has 0 saturated heterocycles. The Kier molecular flexibility index (Phi) is 7.23. The van der Waals surface area contributed by atoms with Crippen molar-refractivity contribution >= 4 is 17.6 Å². The second-order valence-electron chi connectivity index (χ2n) is 6.32. The zero-order valence-electron chi connectivity index (χ0n) is 16.1. The van der Waals surface area contributed by atoms with Crippen molar-refractivity contribution in [3.8, 4) is 11.5 Å². The van der Waals surface area contributed by atoms with Gasteiger partial charge in [0.1, 0.15) is 0 Å². The summed E-state index contributed by atoms with van der Waals surface area (Å²) in [7, 11) is 1.54. The number of amides is 1. The third-order valence-corrected chi connectivity index (χ3v) is 3.65. The number of methoxy groups -OCH3 is 1. The minimum absolute atomic E-state index is 0.285. The Morgan fingerprint density at radius 3 is 2.26 bits per heavy atom. The van der Waals surface area contributed by atoms with Crippen LogP contribution in [0.3, 0.4) is 0 Å². The van der Waals surface area contributed by atoms with Gasteiger partial charge in [-0.1, -0.05) is 13.8 Å². The molecule has 2 aromatic rings. The van der Waals surface area contributed by atoms with Crippen LogP contribution in [0.15, 0.2) is 42.5 Å². The molecule has 0 aliphatic heterocycles. The fourth-order valence-corrected chi connectivity index (χ4v) is 2.29. The summed E-state index contributed by atoms with van der Waals surface area (Å²) >= 11 is 0. The van der Waals surface area contributed by atoms with Crippen molar-refractivity contribution in [1.82, 2.24) is 0 Å². The summed E-state index contributed by atoms with van der Waals surface area (Å²) in [5, 5.41) is 2.79. The van der Waals surface area contributed by atoms with Gasteiger partial charge in [0.05, 0.1) is 25.9 Å². The van der Waals surface area contributed by atoms with Crippen LogP contribution in [0.5, 0.6) is 11.5 Å². The lowest BCUT2D eigenvalue weighted by Crippen LogP contribution is -2.13. The molecule has 0 spiro atoms. The van der Waals surface area contributed by atoms with E-state index in [4.69, 9.17) is 14.2 Å². The molecule has 0 bridgehead atoms. The summed E-state index contributed by atoms with van der Waals surface area (Å²) in [6.07, 6.45) is 0. The molecule has 0 unspecified atom stereocenters. The van der Waals surface area contributed by atoms with Crippen LogP contribution in [0.25, 0.3) is 0 Å². The monoisotopic (exact) mass is 371 g/mol. The molecule has 144 valence electrons. The third-order valence-electron chi connectivity index (χ3n) is 3.65. The first-order valence-corrected chi connectivity index (χ1v) is 8.84. The number of anilines is 1. The van der Waals surface area contributed by atoms with Gasteiger partial charge in [-0.2, -0.15) is 0 Å². The normalized spacial score (nSPS) is 10.4. The largest absolute Gasteiger partial charge is 0.493 e. The predicted octanol–water partition coefficient (Wildman–Crippen LogP) is 4.16. The van der Waals surface area contributed by atoms with Crippen molar-refractivity contribution in [3.05, 3.63) is 53.6 Å². The number of hydrogen-bond acceptors (Lipinski definition) is 5. The fraction of sp³-hybridized carbons (Fsp3) is 0.333. The highest BCUT2D eigenvalue weighted by Crippen LogP contribution is 2.29. The van der Waals surface area contributed by atoms with Crippen molar-refractivity contribution in [2.75, 3.05) is 25.6 Å². The maximum atomic E-state index is 12.5. The van der Waals surface area contributed by atoms with Crippen molar-refractivity contribution in [2.24, 2.45) is 5.92 Å². The van der Waals surface area contributed by atoms with Crippen molar-refractivity contribution in [1.29, 1.82) is 0 Å². The van der Waals surface area contributed by atoms with Crippen molar-refractivity contribution < 1.29 is 23.8 Å². The average Bonchev–Trinajstić information content (AvgIpc) is 2.66. The molecule has 1 amide bonds. The van der Waals surface area contributed by atoms with E-state index >= 15 is 0 Å². The molecule has 0 aromatic heterocycles. The number of carbonyl (C=O) groups excluding carboxylic acids is 2. The van der Waals surface area contributed by atoms with E-state index in [2.05, 4.69) is 19.2 Å². The van der Waals surface area contributed by atoms with E-state index in [1.807, 2.05) is 0 Å². The zero-order chi connectivity index (χ0) is 19.8. The second-order valence-corrected chi connectivity index (χ2v) is 6.32. The van der Waals surface area contributed by atoms with Crippen LogP contribution in [0.4, 0.5) is 5.69 Å². The van der Waals surface area contributed by atoms with Gasteiger partial charge in [-0.05, 0) is 55.3 Å². The molecule has 0 aliphatic carbocycles. The Morgan fingerprint density at radius 2 is 1.67 bits per heavy atom. The van der Waals surface area contributed by atoms with Gasteiger partial charge in [-0.3, -0.25) is 4.79 Å². The van der Waals surface area contributed by atoms with Gasteiger partial charge < -0.3 is 19.5 Å². The molecule has 0 aliphatic rings. The Labute approximate surface area is 159 Å². The highest BCUT2D eigenvalue weighted by Gasteiger charge is 2.13. The fourth-order valence-electron chi connectivity index (χ4n) is 2.29. The van der Waals surface area contributed by atoms with Crippen LogP contribution < -0.4 is 14.8 Å². The third kappa shape index (κ3) is 5.74. The number of esters is 1. The predicted molar refractivity (Wildman–Crippen MR) is 104 cm³/mol. The standard InChI is InChI=1S/C21H25NO5/c1-5-26-21(24)15-6-9-17(10-7-15)22-20(23)16-8-11-18(19(12-16)25-4)27-13-14(2)3/h6-12,14H,5,13H2,1-4H3,(H,22,23). The first-order valence-electron chi connectivity index (χ1n) is 8.84. The van der Waals surface area contributed by atoms with Crippen LogP contribution in [0.1, 0.15) is 41.5 Å². The number of carbonyl (C=O) groups is 2. The number of rotatable bonds is 8. The summed E-state index contributed by atoms with van der Waals surface area (Å²) in [5.74, 6) is 0.808. The van der Waals surface area contributed by atoms with Crippen LogP contribution in [-0.2, 0) is 4.74 Å². The molecule has 0 heterocycles. The average molecular weight is 371 g/mol. The van der Waals surface area contributed by atoms with Crippen LogP contribution >= 0.6 is 0 Å². The Hall–Kier alpha value is -3.02. The minimum Gasteiger partial charge on any atom is -0.493 e. The van der Waals surface area contributed by atoms with Crippen LogP contribution in [0, 0.1) is 5.92 Å². The van der Waals surface area contributed by atoms with E-state index in [9.17, 15) is 9.59 Å². The SMILES string of the molecule is CCOC(=O)c1ccc(NC(=O)c2ccc(OCC(C)C)c(OC)c2)cc1. The zero-order valence-corrected chi connectivity index (χ0v) is 16.1. The van der Waals surface area contributed by atoms with Gasteiger partial charge in [-0.15, -0.1) is 0 Å². The lowest BCUT2D eigenvalue weighted by molar-refractivity contribution is 0.0526. The first kappa shape index (κ1) is 20.3. The Bertz CT molecular complexity index is 784. The molecule has 0 saturated carbocycles. The minimum atomic E-state index is -0.392. The highest BCUT2D eigenvalue weighted by atomic mass is 16.5. The second kappa shape index (κ2) is 9.62. The van der Waals surface area contributed by atoms with Gasteiger partial charge in [0.15, 0.2) is 11.5 Å².